The molecule has 4 aromatic carbocycles. The molecule has 0 fully saturated rings. The van der Waals surface area contributed by atoms with Gasteiger partial charge in [0.05, 0.1) is 0 Å². The lowest BCUT2D eigenvalue weighted by atomic mass is 9.87. The van der Waals surface area contributed by atoms with Crippen molar-refractivity contribution in [3.8, 4) is 0 Å². The Morgan fingerprint density at radius 2 is 0.902 bits per heavy atom. The Kier molecular flexibility index (Phi) is 8.50. The van der Waals surface area contributed by atoms with E-state index in [0.717, 1.165) is 0 Å². The second kappa shape index (κ2) is 12.1. The molecule has 2 nitrogen and oxygen atoms in total. The predicted octanol–water partition coefficient (Wildman–Crippen LogP) is 10.9. The number of hydrogen-bond acceptors (Lipinski definition) is 1. The van der Waals surface area contributed by atoms with Crippen LogP contribution >= 0.6 is 0 Å². The van der Waals surface area contributed by atoms with E-state index < -0.39 is 0 Å². The van der Waals surface area contributed by atoms with Crippen LogP contribution in [-0.2, 0) is 0 Å². The third kappa shape index (κ3) is 5.49. The standard InChI is InChI=1S/C39H47N2/c1-26(2)32-21-15-22-33(27(3)4)38(32)40-25-41(39-34(28(5)6)23-16-24-35(39)29(7)8)37(31-19-13-10-14-20-31)36(40)30-17-11-9-12-18-30/h9-29,36-37H,1-8H3/q+1/t36-,37-/m1/s1. The van der Waals surface area contributed by atoms with Crippen LogP contribution in [0.3, 0.4) is 0 Å². The Labute approximate surface area is 248 Å². The maximum atomic E-state index is 2.62. The molecule has 0 aromatic heterocycles. The van der Waals surface area contributed by atoms with E-state index in [1.54, 1.807) is 0 Å². The number of benzene rings is 4. The molecular weight excluding hydrogens is 496 g/mol. The van der Waals surface area contributed by atoms with Crippen LogP contribution in [0, 0.1) is 0 Å². The second-order valence-corrected chi connectivity index (χ2v) is 12.8. The summed E-state index contributed by atoms with van der Waals surface area (Å²) >= 11 is 0. The van der Waals surface area contributed by atoms with E-state index in [1.807, 2.05) is 0 Å². The molecule has 0 N–H and O–H groups in total. The van der Waals surface area contributed by atoms with E-state index in [4.69, 9.17) is 0 Å². The highest BCUT2D eigenvalue weighted by molar-refractivity contribution is 5.84. The molecule has 2 heteroatoms. The lowest BCUT2D eigenvalue weighted by Crippen LogP contribution is -2.28. The van der Waals surface area contributed by atoms with Gasteiger partial charge in [0.15, 0.2) is 12.1 Å². The summed E-state index contributed by atoms with van der Waals surface area (Å²) in [5.74, 6) is 1.64. The first-order chi connectivity index (χ1) is 19.7. The highest BCUT2D eigenvalue weighted by atomic mass is 15.3. The summed E-state index contributed by atoms with van der Waals surface area (Å²) in [6.07, 6.45) is 2.45. The van der Waals surface area contributed by atoms with Gasteiger partial charge < -0.3 is 0 Å². The van der Waals surface area contributed by atoms with E-state index in [0.29, 0.717) is 23.7 Å². The van der Waals surface area contributed by atoms with Crippen LogP contribution in [0.1, 0.15) is 125 Å². The molecule has 0 aliphatic carbocycles. The lowest BCUT2D eigenvalue weighted by molar-refractivity contribution is -0.482. The zero-order valence-corrected chi connectivity index (χ0v) is 26.2. The van der Waals surface area contributed by atoms with Crippen LogP contribution in [0.25, 0.3) is 0 Å². The van der Waals surface area contributed by atoms with Crippen LogP contribution in [0.2, 0.25) is 0 Å². The number of hydrogen-bond donors (Lipinski definition) is 0. The highest BCUT2D eigenvalue weighted by Crippen LogP contribution is 2.50. The Bertz CT molecular complexity index is 1440. The molecule has 1 aliphatic heterocycles. The Hall–Kier alpha value is -3.65. The minimum absolute atomic E-state index is 0.108. The van der Waals surface area contributed by atoms with Crippen molar-refractivity contribution in [3.63, 3.8) is 0 Å². The Balaban J connectivity index is 1.90. The lowest BCUT2D eigenvalue weighted by Gasteiger charge is -2.29. The average molecular weight is 544 g/mol. The summed E-state index contributed by atoms with van der Waals surface area (Å²) in [5.41, 5.74) is 11.0. The number of rotatable bonds is 8. The molecule has 1 heterocycles. The molecule has 2 atom stereocenters. The molecule has 4 aromatic rings. The number of nitrogens with zero attached hydrogens (tertiary/aromatic N) is 2. The third-order valence-corrected chi connectivity index (χ3v) is 8.63. The van der Waals surface area contributed by atoms with Gasteiger partial charge in [0, 0.05) is 33.4 Å². The van der Waals surface area contributed by atoms with E-state index in [9.17, 15) is 0 Å². The van der Waals surface area contributed by atoms with E-state index in [1.165, 1.54) is 44.8 Å². The normalized spacial score (nSPS) is 17.3. The fourth-order valence-electron chi connectivity index (χ4n) is 6.58. The van der Waals surface area contributed by atoms with Gasteiger partial charge in [-0.2, -0.15) is 0 Å². The minimum Gasteiger partial charge on any atom is -0.221 e. The van der Waals surface area contributed by atoms with Gasteiger partial charge in [-0.15, -0.1) is 0 Å². The van der Waals surface area contributed by atoms with Gasteiger partial charge in [0.25, 0.3) is 0 Å². The molecule has 0 unspecified atom stereocenters. The molecule has 41 heavy (non-hydrogen) atoms. The zero-order chi connectivity index (χ0) is 29.3. The molecule has 0 amide bonds. The van der Waals surface area contributed by atoms with Crippen molar-refractivity contribution in [2.24, 2.45) is 0 Å². The molecule has 0 saturated carbocycles. The SMILES string of the molecule is CC(C)c1cccc(C(C)C)c1N1C=[N+](c2c(C(C)C)cccc2C(C)C)[C@H](c2ccccc2)[C@H]1c1ccccc1. The van der Waals surface area contributed by atoms with Gasteiger partial charge >= 0.3 is 0 Å². The first-order valence-corrected chi connectivity index (χ1v) is 15.5. The molecule has 1 aliphatic rings. The Morgan fingerprint density at radius 3 is 1.34 bits per heavy atom. The summed E-state index contributed by atoms with van der Waals surface area (Å²) in [7, 11) is 0. The van der Waals surface area contributed by atoms with Crippen molar-refractivity contribution in [1.29, 1.82) is 0 Å². The predicted molar refractivity (Wildman–Crippen MR) is 176 cm³/mol. The molecule has 212 valence electrons. The van der Waals surface area contributed by atoms with Crippen LogP contribution in [0.5, 0.6) is 0 Å². The van der Waals surface area contributed by atoms with Gasteiger partial charge in [-0.3, -0.25) is 0 Å². The molecular formula is C39H47N2+. The van der Waals surface area contributed by atoms with Crippen LogP contribution in [0.4, 0.5) is 11.4 Å². The molecule has 0 spiro atoms. The van der Waals surface area contributed by atoms with Crippen molar-refractivity contribution in [2.45, 2.75) is 91.1 Å². The van der Waals surface area contributed by atoms with Crippen LogP contribution in [0.15, 0.2) is 97.1 Å². The Morgan fingerprint density at radius 1 is 0.488 bits per heavy atom. The van der Waals surface area contributed by atoms with Gasteiger partial charge in [-0.05, 0) is 23.7 Å². The van der Waals surface area contributed by atoms with Crippen molar-refractivity contribution in [3.05, 3.63) is 130 Å². The maximum Gasteiger partial charge on any atom is 0.245 e. The van der Waals surface area contributed by atoms with E-state index in [-0.39, 0.29) is 12.1 Å². The first kappa shape index (κ1) is 28.9. The van der Waals surface area contributed by atoms with Gasteiger partial charge in [0.1, 0.15) is 11.4 Å². The quantitative estimate of drug-likeness (QED) is 0.200. The van der Waals surface area contributed by atoms with Crippen molar-refractivity contribution < 1.29 is 4.58 Å². The average Bonchev–Trinajstić information content (AvgIpc) is 3.37. The van der Waals surface area contributed by atoms with Gasteiger partial charge in [-0.1, -0.05) is 152 Å². The topological polar surface area (TPSA) is 6.25 Å². The fraction of sp³-hybridized carbons (Fsp3) is 0.359. The smallest absolute Gasteiger partial charge is 0.221 e. The summed E-state index contributed by atoms with van der Waals surface area (Å²) in [5, 5.41) is 0. The monoisotopic (exact) mass is 543 g/mol. The summed E-state index contributed by atoms with van der Waals surface area (Å²) in [4.78, 5) is 2.62. The van der Waals surface area contributed by atoms with E-state index >= 15 is 0 Å². The summed E-state index contributed by atoms with van der Waals surface area (Å²) in [6, 6.07) is 36.4. The van der Waals surface area contributed by atoms with Crippen LogP contribution in [-0.4, -0.2) is 10.9 Å². The van der Waals surface area contributed by atoms with Crippen molar-refractivity contribution >= 4 is 17.7 Å². The third-order valence-electron chi connectivity index (χ3n) is 8.63. The largest absolute Gasteiger partial charge is 0.245 e. The molecule has 5 rings (SSSR count). The zero-order valence-electron chi connectivity index (χ0n) is 26.2. The van der Waals surface area contributed by atoms with Crippen molar-refractivity contribution in [2.75, 3.05) is 4.90 Å². The first-order valence-electron chi connectivity index (χ1n) is 15.5. The highest BCUT2D eigenvalue weighted by Gasteiger charge is 2.48. The number of anilines is 1. The molecule has 0 bridgehead atoms. The summed E-state index contributed by atoms with van der Waals surface area (Å²) in [6.45, 7) is 18.6. The number of para-hydroxylation sites is 2. The minimum atomic E-state index is 0.108. The maximum absolute atomic E-state index is 2.62. The molecule has 0 radical (unpaired) electrons. The van der Waals surface area contributed by atoms with E-state index in [2.05, 4.69) is 168 Å². The fourth-order valence-corrected chi connectivity index (χ4v) is 6.58. The van der Waals surface area contributed by atoms with Crippen LogP contribution < -0.4 is 4.90 Å². The van der Waals surface area contributed by atoms with Gasteiger partial charge in [-0.25, -0.2) is 9.48 Å². The van der Waals surface area contributed by atoms with Crippen molar-refractivity contribution in [1.82, 2.24) is 0 Å². The summed E-state index contributed by atoms with van der Waals surface area (Å²) < 4.78 is 2.62. The van der Waals surface area contributed by atoms with Gasteiger partial charge in [0.2, 0.25) is 6.34 Å². The second-order valence-electron chi connectivity index (χ2n) is 12.8. The molecule has 0 saturated heterocycles.